The molecule has 1 aliphatic heterocycles. The molecule has 1 aliphatic rings. The van der Waals surface area contributed by atoms with Crippen LogP contribution in [0.5, 0.6) is 5.75 Å². The molecule has 0 atom stereocenters. The first-order chi connectivity index (χ1) is 12.1. The fourth-order valence-electron chi connectivity index (χ4n) is 3.22. The van der Waals surface area contributed by atoms with Crippen molar-refractivity contribution in [1.82, 2.24) is 10.4 Å². The maximum Gasteiger partial charge on any atom is 0.252 e. The maximum atomic E-state index is 12.1. The number of benzene rings is 2. The molecule has 4 heteroatoms. The summed E-state index contributed by atoms with van der Waals surface area (Å²) in [5, 5.41) is 4.84. The van der Waals surface area contributed by atoms with Crippen LogP contribution in [0.15, 0.2) is 48.5 Å². The molecule has 0 radical (unpaired) electrons. The van der Waals surface area contributed by atoms with Crippen molar-refractivity contribution in [3.63, 3.8) is 0 Å². The van der Waals surface area contributed by atoms with Crippen LogP contribution in [0.4, 0.5) is 0 Å². The van der Waals surface area contributed by atoms with Crippen LogP contribution in [0.2, 0.25) is 0 Å². The summed E-state index contributed by atoms with van der Waals surface area (Å²) in [6.45, 7) is 6.09. The number of carbonyl (C=O) groups excluding carboxylic acids is 1. The summed E-state index contributed by atoms with van der Waals surface area (Å²) < 4.78 is 0. The number of nitrogens with one attached hydrogen (secondary N) is 1. The van der Waals surface area contributed by atoms with Crippen molar-refractivity contribution in [1.29, 1.82) is 0 Å². The number of hydrogen-bond acceptors (Lipinski definition) is 3. The van der Waals surface area contributed by atoms with E-state index in [2.05, 4.69) is 30.4 Å². The highest BCUT2D eigenvalue weighted by molar-refractivity contribution is 5.72. The first-order valence-electron chi connectivity index (χ1n) is 8.95. The second-order valence-electron chi connectivity index (χ2n) is 6.69. The number of piperidine rings is 1. The average Bonchev–Trinajstić information content (AvgIpc) is 2.64. The lowest BCUT2D eigenvalue weighted by Crippen LogP contribution is -2.32. The third-order valence-corrected chi connectivity index (χ3v) is 4.70. The molecule has 2 aromatic carbocycles. The number of hydrogen-bond donors (Lipinski definition) is 1. The van der Waals surface area contributed by atoms with Crippen molar-refractivity contribution in [2.45, 2.75) is 39.2 Å². The number of rotatable bonds is 5. The molecular weight excluding hydrogens is 312 g/mol. The van der Waals surface area contributed by atoms with E-state index in [9.17, 15) is 4.79 Å². The van der Waals surface area contributed by atoms with Gasteiger partial charge in [-0.3, -0.25) is 4.79 Å². The lowest BCUT2D eigenvalue weighted by Gasteiger charge is -2.27. The Kier molecular flexibility index (Phi) is 5.71. The van der Waals surface area contributed by atoms with E-state index < -0.39 is 0 Å². The van der Waals surface area contributed by atoms with E-state index in [1.54, 1.807) is 6.92 Å². The first-order valence-corrected chi connectivity index (χ1v) is 8.95. The second kappa shape index (κ2) is 8.17. The Balaban J connectivity index is 1.78. The molecule has 0 saturated carbocycles. The van der Waals surface area contributed by atoms with Gasteiger partial charge in [0.1, 0.15) is 0 Å². The number of aryl methyl sites for hydroxylation is 1. The van der Waals surface area contributed by atoms with Crippen LogP contribution in [0.25, 0.3) is 0 Å². The van der Waals surface area contributed by atoms with Gasteiger partial charge in [0.2, 0.25) is 0 Å². The summed E-state index contributed by atoms with van der Waals surface area (Å²) in [6.07, 6.45) is 2.19. The van der Waals surface area contributed by atoms with Crippen molar-refractivity contribution in [3.8, 4) is 5.75 Å². The van der Waals surface area contributed by atoms with Gasteiger partial charge in [-0.1, -0.05) is 48.0 Å². The Morgan fingerprint density at radius 1 is 1.12 bits per heavy atom. The van der Waals surface area contributed by atoms with Crippen LogP contribution in [0, 0.1) is 6.92 Å². The van der Waals surface area contributed by atoms with Gasteiger partial charge in [-0.25, -0.2) is 0 Å². The smallest absolute Gasteiger partial charge is 0.252 e. The van der Waals surface area contributed by atoms with Crippen molar-refractivity contribution < 1.29 is 9.63 Å². The largest absolute Gasteiger partial charge is 0.376 e. The van der Waals surface area contributed by atoms with E-state index >= 15 is 0 Å². The minimum absolute atomic E-state index is 0.0966. The molecule has 1 amide bonds. The topological polar surface area (TPSA) is 41.6 Å². The summed E-state index contributed by atoms with van der Waals surface area (Å²) in [6, 6.07) is 16.3. The number of hydroxylamine groups is 2. The molecule has 0 bridgehead atoms. The van der Waals surface area contributed by atoms with Crippen LogP contribution in [0.1, 0.15) is 42.4 Å². The van der Waals surface area contributed by atoms with E-state index in [1.165, 1.54) is 16.2 Å². The van der Waals surface area contributed by atoms with Crippen LogP contribution < -0.4 is 10.2 Å². The van der Waals surface area contributed by atoms with Crippen molar-refractivity contribution >= 4 is 5.91 Å². The zero-order valence-electron chi connectivity index (χ0n) is 15.0. The van der Waals surface area contributed by atoms with Crippen molar-refractivity contribution in [2.24, 2.45) is 0 Å². The first kappa shape index (κ1) is 17.5. The van der Waals surface area contributed by atoms with Gasteiger partial charge in [0.25, 0.3) is 5.91 Å². The molecule has 4 nitrogen and oxygen atoms in total. The summed E-state index contributed by atoms with van der Waals surface area (Å²) in [7, 11) is 0. The molecule has 0 aromatic heterocycles. The highest BCUT2D eigenvalue weighted by Gasteiger charge is 2.21. The Bertz CT molecular complexity index is 706. The highest BCUT2D eigenvalue weighted by Crippen LogP contribution is 2.33. The molecule has 0 spiro atoms. The van der Waals surface area contributed by atoms with Crippen LogP contribution in [-0.4, -0.2) is 24.1 Å². The molecule has 3 rings (SSSR count). The average molecular weight is 338 g/mol. The molecule has 25 heavy (non-hydrogen) atoms. The fraction of sp³-hybridized carbons (Fsp3) is 0.381. The minimum Gasteiger partial charge on any atom is -0.376 e. The zero-order chi connectivity index (χ0) is 17.6. The van der Waals surface area contributed by atoms with E-state index in [0.29, 0.717) is 12.5 Å². The Morgan fingerprint density at radius 3 is 2.48 bits per heavy atom. The van der Waals surface area contributed by atoms with Crippen molar-refractivity contribution in [2.75, 3.05) is 13.1 Å². The van der Waals surface area contributed by atoms with E-state index in [4.69, 9.17) is 4.84 Å². The van der Waals surface area contributed by atoms with Gasteiger partial charge in [0, 0.05) is 12.5 Å². The SMILES string of the molecule is CC(=O)N(Cc1ccc(C)cc1)Oc1ccccc1C1CCNCC1. The van der Waals surface area contributed by atoms with Gasteiger partial charge in [-0.05, 0) is 50.4 Å². The van der Waals surface area contributed by atoms with Crippen LogP contribution in [-0.2, 0) is 11.3 Å². The summed E-state index contributed by atoms with van der Waals surface area (Å²) in [5.41, 5.74) is 3.45. The summed E-state index contributed by atoms with van der Waals surface area (Å²) >= 11 is 0. The predicted octanol–water partition coefficient (Wildman–Crippen LogP) is 3.80. The van der Waals surface area contributed by atoms with Gasteiger partial charge < -0.3 is 10.2 Å². The Morgan fingerprint density at radius 2 is 1.80 bits per heavy atom. The normalized spacial score (nSPS) is 15.0. The second-order valence-corrected chi connectivity index (χ2v) is 6.69. The maximum absolute atomic E-state index is 12.1. The van der Waals surface area contributed by atoms with Gasteiger partial charge in [-0.15, -0.1) is 0 Å². The monoisotopic (exact) mass is 338 g/mol. The number of para-hydroxylation sites is 1. The third-order valence-electron chi connectivity index (χ3n) is 4.70. The van der Waals surface area contributed by atoms with Gasteiger partial charge in [0.15, 0.2) is 5.75 Å². The van der Waals surface area contributed by atoms with E-state index in [1.807, 2.05) is 30.3 Å². The lowest BCUT2D eigenvalue weighted by molar-refractivity contribution is -0.157. The Labute approximate surface area is 149 Å². The molecule has 132 valence electrons. The number of carbonyl (C=O) groups is 1. The molecule has 1 saturated heterocycles. The van der Waals surface area contributed by atoms with Gasteiger partial charge in [0.05, 0.1) is 6.54 Å². The van der Waals surface area contributed by atoms with E-state index in [0.717, 1.165) is 37.2 Å². The molecule has 1 heterocycles. The number of nitrogens with zero attached hydrogens (tertiary/aromatic N) is 1. The third kappa shape index (κ3) is 4.60. The lowest BCUT2D eigenvalue weighted by atomic mass is 9.90. The number of amides is 1. The molecular formula is C21H26N2O2. The molecule has 2 aromatic rings. The molecule has 1 fully saturated rings. The Hall–Kier alpha value is -2.33. The van der Waals surface area contributed by atoms with Gasteiger partial charge in [-0.2, -0.15) is 5.06 Å². The predicted molar refractivity (Wildman–Crippen MR) is 99.3 cm³/mol. The summed E-state index contributed by atoms with van der Waals surface area (Å²) in [4.78, 5) is 18.2. The quantitative estimate of drug-likeness (QED) is 0.843. The zero-order valence-corrected chi connectivity index (χ0v) is 15.0. The molecule has 1 N–H and O–H groups in total. The van der Waals surface area contributed by atoms with E-state index in [-0.39, 0.29) is 5.91 Å². The molecule has 0 unspecified atom stereocenters. The fourth-order valence-corrected chi connectivity index (χ4v) is 3.22. The summed E-state index contributed by atoms with van der Waals surface area (Å²) in [5.74, 6) is 1.17. The minimum atomic E-state index is -0.0966. The van der Waals surface area contributed by atoms with Crippen LogP contribution in [0.3, 0.4) is 0 Å². The molecule has 0 aliphatic carbocycles. The standard InChI is InChI=1S/C21H26N2O2/c1-16-7-9-18(10-8-16)15-23(17(2)24)25-21-6-4-3-5-20(21)19-11-13-22-14-12-19/h3-10,19,22H,11-15H2,1-2H3. The van der Waals surface area contributed by atoms with Crippen molar-refractivity contribution in [3.05, 3.63) is 65.2 Å². The van der Waals surface area contributed by atoms with Gasteiger partial charge >= 0.3 is 0 Å². The highest BCUT2D eigenvalue weighted by atomic mass is 16.7. The van der Waals surface area contributed by atoms with Crippen LogP contribution >= 0.6 is 0 Å².